The fraction of sp³-hybridized carbons (Fsp3) is 0.292. The maximum absolute atomic E-state index is 13.0. The van der Waals surface area contributed by atoms with Crippen LogP contribution < -0.4 is 20.9 Å². The van der Waals surface area contributed by atoms with E-state index in [4.69, 9.17) is 9.15 Å². The summed E-state index contributed by atoms with van der Waals surface area (Å²) in [5.41, 5.74) is 1.89. The van der Waals surface area contributed by atoms with Gasteiger partial charge in [-0.2, -0.15) is 0 Å². The molecule has 0 radical (unpaired) electrons. The standard InChI is InChI=1S/C24H24N4O5/c1-32-18-6-4-17(5-7-18)25-24(31)27-12-15-11-16(14-27)22-19(8-9-21(29)28(22)13-15)26-23(30)20-3-2-10-33-20/h2-10,15-16H,11-14H2,1H3,(H,25,31)(H,26,30)/t15-,16-/m1/s1. The number of hydrogen-bond donors (Lipinski definition) is 2. The number of methoxy groups -OCH3 is 1. The minimum atomic E-state index is -0.381. The molecule has 4 heterocycles. The van der Waals surface area contributed by atoms with Crippen LogP contribution in [-0.2, 0) is 6.54 Å². The van der Waals surface area contributed by atoms with Gasteiger partial charge in [0.05, 0.1) is 19.1 Å². The number of nitrogens with one attached hydrogen (secondary N) is 2. The summed E-state index contributed by atoms with van der Waals surface area (Å²) in [6, 6.07) is 13.3. The second-order valence-electron chi connectivity index (χ2n) is 8.37. The van der Waals surface area contributed by atoms with E-state index >= 15 is 0 Å². The van der Waals surface area contributed by atoms with Crippen molar-refractivity contribution in [3.63, 3.8) is 0 Å². The van der Waals surface area contributed by atoms with Crippen molar-refractivity contribution in [3.8, 4) is 5.75 Å². The molecule has 0 spiro atoms. The zero-order valence-electron chi connectivity index (χ0n) is 18.1. The van der Waals surface area contributed by atoms with Gasteiger partial charge < -0.3 is 29.3 Å². The highest BCUT2D eigenvalue weighted by atomic mass is 16.5. The topological polar surface area (TPSA) is 106 Å². The number of pyridine rings is 1. The summed E-state index contributed by atoms with van der Waals surface area (Å²) in [5.74, 6) is 0.615. The van der Waals surface area contributed by atoms with Crippen LogP contribution in [-0.4, -0.2) is 41.6 Å². The van der Waals surface area contributed by atoms with Crippen LogP contribution in [0.3, 0.4) is 0 Å². The molecule has 3 amide bonds. The van der Waals surface area contributed by atoms with Gasteiger partial charge in [-0.25, -0.2) is 4.79 Å². The molecule has 2 aliphatic heterocycles. The zero-order chi connectivity index (χ0) is 22.9. The average Bonchev–Trinajstić information content (AvgIpc) is 3.36. The second kappa shape index (κ2) is 8.50. The Labute approximate surface area is 190 Å². The maximum atomic E-state index is 13.0. The van der Waals surface area contributed by atoms with E-state index in [0.717, 1.165) is 12.1 Å². The fourth-order valence-corrected chi connectivity index (χ4v) is 4.76. The summed E-state index contributed by atoms with van der Waals surface area (Å²) >= 11 is 0. The third kappa shape index (κ3) is 4.09. The molecule has 0 aliphatic carbocycles. The van der Waals surface area contributed by atoms with Gasteiger partial charge in [-0.1, -0.05) is 0 Å². The Kier molecular flexibility index (Phi) is 5.37. The molecule has 5 rings (SSSR count). The van der Waals surface area contributed by atoms with Gasteiger partial charge >= 0.3 is 6.03 Å². The number of nitrogens with zero attached hydrogens (tertiary/aromatic N) is 2. The number of urea groups is 1. The van der Waals surface area contributed by atoms with Gasteiger partial charge in [0.1, 0.15) is 5.75 Å². The minimum absolute atomic E-state index is 0.0695. The number of piperidine rings is 1. The van der Waals surface area contributed by atoms with Gasteiger partial charge in [0.25, 0.3) is 11.5 Å². The molecular formula is C24H24N4O5. The molecule has 170 valence electrons. The van der Waals surface area contributed by atoms with E-state index in [2.05, 4.69) is 10.6 Å². The number of ether oxygens (including phenoxy) is 1. The van der Waals surface area contributed by atoms with E-state index in [0.29, 0.717) is 36.8 Å². The lowest BCUT2D eigenvalue weighted by atomic mass is 9.82. The Morgan fingerprint density at radius 3 is 2.58 bits per heavy atom. The van der Waals surface area contributed by atoms with Gasteiger partial charge in [0.15, 0.2) is 5.76 Å². The number of rotatable bonds is 4. The number of amides is 3. The molecule has 2 aromatic heterocycles. The Balaban J connectivity index is 1.37. The summed E-state index contributed by atoms with van der Waals surface area (Å²) in [7, 11) is 1.59. The predicted octanol–water partition coefficient (Wildman–Crippen LogP) is 3.35. The monoisotopic (exact) mass is 448 g/mol. The van der Waals surface area contributed by atoms with Crippen LogP contribution in [0.2, 0.25) is 0 Å². The van der Waals surface area contributed by atoms with E-state index in [-0.39, 0.29) is 35.1 Å². The summed E-state index contributed by atoms with van der Waals surface area (Å²) in [6.07, 6.45) is 2.28. The highest BCUT2D eigenvalue weighted by molar-refractivity contribution is 6.02. The molecule has 1 aromatic carbocycles. The van der Waals surface area contributed by atoms with Gasteiger partial charge in [-0.05, 0) is 54.8 Å². The third-order valence-corrected chi connectivity index (χ3v) is 6.21. The van der Waals surface area contributed by atoms with E-state index in [1.54, 1.807) is 59.0 Å². The lowest BCUT2D eigenvalue weighted by Crippen LogP contribution is -2.50. The van der Waals surface area contributed by atoms with Crippen LogP contribution in [0.4, 0.5) is 16.2 Å². The van der Waals surface area contributed by atoms with E-state index < -0.39 is 0 Å². The van der Waals surface area contributed by atoms with Crippen LogP contribution in [0.25, 0.3) is 0 Å². The van der Waals surface area contributed by atoms with Gasteiger partial charge in [0.2, 0.25) is 0 Å². The van der Waals surface area contributed by atoms with Gasteiger partial charge in [-0.3, -0.25) is 9.59 Å². The molecule has 2 bridgehead atoms. The summed E-state index contributed by atoms with van der Waals surface area (Å²) in [5, 5.41) is 5.81. The largest absolute Gasteiger partial charge is 0.497 e. The Morgan fingerprint density at radius 1 is 1.03 bits per heavy atom. The first-order chi connectivity index (χ1) is 16.0. The number of benzene rings is 1. The quantitative estimate of drug-likeness (QED) is 0.637. The predicted molar refractivity (Wildman–Crippen MR) is 122 cm³/mol. The second-order valence-corrected chi connectivity index (χ2v) is 8.37. The number of furan rings is 1. The summed E-state index contributed by atoms with van der Waals surface area (Å²) in [4.78, 5) is 39.9. The molecule has 2 aliphatic rings. The number of anilines is 2. The van der Waals surface area contributed by atoms with Crippen molar-refractivity contribution in [3.05, 3.63) is 76.6 Å². The summed E-state index contributed by atoms with van der Waals surface area (Å²) < 4.78 is 12.1. The number of hydrogen-bond acceptors (Lipinski definition) is 5. The molecule has 2 atom stereocenters. The molecule has 1 saturated heterocycles. The molecular weight excluding hydrogens is 424 g/mol. The van der Waals surface area contributed by atoms with Crippen LogP contribution in [0.1, 0.15) is 28.6 Å². The molecule has 0 saturated carbocycles. The van der Waals surface area contributed by atoms with Gasteiger partial charge in [-0.15, -0.1) is 0 Å². The molecule has 9 heteroatoms. The Hall–Kier alpha value is -4.01. The third-order valence-electron chi connectivity index (χ3n) is 6.21. The van der Waals surface area contributed by atoms with Crippen LogP contribution in [0.15, 0.2) is 64.0 Å². The fourth-order valence-electron chi connectivity index (χ4n) is 4.76. The number of carbonyl (C=O) groups is 2. The van der Waals surface area contributed by atoms with Crippen molar-refractivity contribution in [2.24, 2.45) is 5.92 Å². The highest BCUT2D eigenvalue weighted by Crippen LogP contribution is 2.38. The highest BCUT2D eigenvalue weighted by Gasteiger charge is 2.38. The SMILES string of the molecule is COc1ccc(NC(=O)N2C[C@H]3C[C@H](C2)c2c(NC(=O)c4ccco4)ccc(=O)n2C3)cc1. The van der Waals surface area contributed by atoms with Crippen molar-refractivity contribution in [2.45, 2.75) is 18.9 Å². The molecule has 2 N–H and O–H groups in total. The molecule has 3 aromatic rings. The van der Waals surface area contributed by atoms with Crippen molar-refractivity contribution in [1.29, 1.82) is 0 Å². The first-order valence-corrected chi connectivity index (χ1v) is 10.8. The number of likely N-dealkylation sites (tertiary alicyclic amines) is 1. The Bertz CT molecular complexity index is 1230. The van der Waals surface area contributed by atoms with E-state index in [1.807, 2.05) is 0 Å². The van der Waals surface area contributed by atoms with Crippen molar-refractivity contribution >= 4 is 23.3 Å². The molecule has 1 fully saturated rings. The van der Waals surface area contributed by atoms with Crippen LogP contribution >= 0.6 is 0 Å². The number of aromatic nitrogens is 1. The van der Waals surface area contributed by atoms with Crippen molar-refractivity contribution in [2.75, 3.05) is 30.8 Å². The number of fused-ring (bicyclic) bond motifs is 4. The van der Waals surface area contributed by atoms with E-state index in [9.17, 15) is 14.4 Å². The van der Waals surface area contributed by atoms with Crippen molar-refractivity contribution < 1.29 is 18.7 Å². The molecule has 0 unspecified atom stereocenters. The first kappa shape index (κ1) is 20.9. The van der Waals surface area contributed by atoms with Crippen molar-refractivity contribution in [1.82, 2.24) is 9.47 Å². The smallest absolute Gasteiger partial charge is 0.321 e. The number of carbonyl (C=O) groups excluding carboxylic acids is 2. The average molecular weight is 448 g/mol. The maximum Gasteiger partial charge on any atom is 0.321 e. The van der Waals surface area contributed by atoms with Crippen LogP contribution in [0.5, 0.6) is 5.75 Å². The lowest BCUT2D eigenvalue weighted by Gasteiger charge is -2.43. The summed E-state index contributed by atoms with van der Waals surface area (Å²) in [6.45, 7) is 1.51. The van der Waals surface area contributed by atoms with Gasteiger partial charge in [0, 0.05) is 43.0 Å². The van der Waals surface area contributed by atoms with Crippen LogP contribution in [0, 0.1) is 5.92 Å². The zero-order valence-corrected chi connectivity index (χ0v) is 18.1. The Morgan fingerprint density at radius 2 is 1.85 bits per heavy atom. The molecule has 9 nitrogen and oxygen atoms in total. The minimum Gasteiger partial charge on any atom is -0.497 e. The van der Waals surface area contributed by atoms with E-state index in [1.165, 1.54) is 12.3 Å². The molecule has 33 heavy (non-hydrogen) atoms. The first-order valence-electron chi connectivity index (χ1n) is 10.8. The normalized spacial score (nSPS) is 18.9. The lowest BCUT2D eigenvalue weighted by molar-refractivity contribution is 0.0995.